The fourth-order valence-corrected chi connectivity index (χ4v) is 3.38. The number of likely N-dealkylation sites (N-methyl/N-ethyl adjacent to an activating group) is 1. The molecule has 0 atom stereocenters. The average molecular weight is 407 g/mol. The number of carbonyl (C=O) groups is 2. The van der Waals surface area contributed by atoms with Crippen molar-refractivity contribution in [2.75, 3.05) is 24.7 Å². The summed E-state index contributed by atoms with van der Waals surface area (Å²) in [6.07, 6.45) is 0. The van der Waals surface area contributed by atoms with Gasteiger partial charge in [-0.05, 0) is 46.6 Å². The van der Waals surface area contributed by atoms with Crippen molar-refractivity contribution in [3.8, 4) is 0 Å². The summed E-state index contributed by atoms with van der Waals surface area (Å²) >= 11 is 4.87. The number of amides is 2. The SMILES string of the molecule is Cc1ccccc1SCC(=O)N(C)CC(=O)Nc1ccccc1Br. The highest BCUT2D eigenvalue weighted by molar-refractivity contribution is 9.10. The number of nitrogens with one attached hydrogen (secondary N) is 1. The van der Waals surface area contributed by atoms with Crippen molar-refractivity contribution in [2.24, 2.45) is 0 Å². The monoisotopic (exact) mass is 406 g/mol. The van der Waals surface area contributed by atoms with Crippen LogP contribution in [0.4, 0.5) is 5.69 Å². The molecule has 2 amide bonds. The molecule has 0 bridgehead atoms. The summed E-state index contributed by atoms with van der Waals surface area (Å²) in [7, 11) is 1.64. The maximum absolute atomic E-state index is 12.2. The predicted octanol–water partition coefficient (Wildman–Crippen LogP) is 3.95. The summed E-state index contributed by atoms with van der Waals surface area (Å²) < 4.78 is 0.808. The van der Waals surface area contributed by atoms with E-state index >= 15 is 0 Å². The van der Waals surface area contributed by atoms with Gasteiger partial charge in [0.2, 0.25) is 11.8 Å². The predicted molar refractivity (Wildman–Crippen MR) is 102 cm³/mol. The van der Waals surface area contributed by atoms with Crippen molar-refractivity contribution in [1.82, 2.24) is 4.90 Å². The van der Waals surface area contributed by atoms with Gasteiger partial charge in [0.05, 0.1) is 18.0 Å². The minimum absolute atomic E-state index is 0.0223. The van der Waals surface area contributed by atoms with E-state index < -0.39 is 0 Å². The number of benzene rings is 2. The van der Waals surface area contributed by atoms with E-state index in [4.69, 9.17) is 0 Å². The van der Waals surface area contributed by atoms with Gasteiger partial charge < -0.3 is 10.2 Å². The van der Waals surface area contributed by atoms with E-state index in [9.17, 15) is 9.59 Å². The molecule has 2 rings (SSSR count). The van der Waals surface area contributed by atoms with Crippen molar-refractivity contribution in [3.05, 3.63) is 58.6 Å². The molecule has 0 aliphatic heterocycles. The Kier molecular flexibility index (Phi) is 6.87. The van der Waals surface area contributed by atoms with E-state index in [0.29, 0.717) is 11.4 Å². The van der Waals surface area contributed by atoms with Gasteiger partial charge in [-0.2, -0.15) is 0 Å². The Labute approximate surface area is 154 Å². The van der Waals surface area contributed by atoms with Crippen molar-refractivity contribution < 1.29 is 9.59 Å². The zero-order valence-electron chi connectivity index (χ0n) is 13.6. The quantitative estimate of drug-likeness (QED) is 0.738. The molecule has 126 valence electrons. The molecule has 0 saturated carbocycles. The Morgan fingerprint density at radius 2 is 1.79 bits per heavy atom. The van der Waals surface area contributed by atoms with Crippen molar-refractivity contribution in [2.45, 2.75) is 11.8 Å². The second kappa shape index (κ2) is 8.89. The topological polar surface area (TPSA) is 49.4 Å². The molecule has 0 saturated heterocycles. The number of rotatable bonds is 6. The molecule has 6 heteroatoms. The van der Waals surface area contributed by atoms with Crippen LogP contribution in [0.15, 0.2) is 57.9 Å². The molecule has 24 heavy (non-hydrogen) atoms. The van der Waals surface area contributed by atoms with Crippen LogP contribution in [0.5, 0.6) is 0 Å². The van der Waals surface area contributed by atoms with Crippen molar-refractivity contribution >= 4 is 45.2 Å². The maximum Gasteiger partial charge on any atom is 0.244 e. The third-order valence-electron chi connectivity index (χ3n) is 3.40. The highest BCUT2D eigenvalue weighted by Crippen LogP contribution is 2.22. The molecule has 1 N–H and O–H groups in total. The second-order valence-electron chi connectivity index (χ2n) is 5.33. The average Bonchev–Trinajstić information content (AvgIpc) is 2.56. The first-order chi connectivity index (χ1) is 11.5. The minimum Gasteiger partial charge on any atom is -0.336 e. The Hall–Kier alpha value is -1.79. The fraction of sp³-hybridized carbons (Fsp3) is 0.222. The number of halogens is 1. The number of hydrogen-bond acceptors (Lipinski definition) is 3. The van der Waals surface area contributed by atoms with Gasteiger partial charge in [-0.3, -0.25) is 9.59 Å². The molecule has 0 aliphatic rings. The normalized spacial score (nSPS) is 10.3. The lowest BCUT2D eigenvalue weighted by Gasteiger charge is -2.17. The van der Waals surface area contributed by atoms with Gasteiger partial charge in [0, 0.05) is 16.4 Å². The molecular weight excluding hydrogens is 388 g/mol. The summed E-state index contributed by atoms with van der Waals surface area (Å²) in [5.74, 6) is 0.00750. The number of anilines is 1. The van der Waals surface area contributed by atoms with Crippen molar-refractivity contribution in [1.29, 1.82) is 0 Å². The lowest BCUT2D eigenvalue weighted by Crippen LogP contribution is -2.36. The Balaban J connectivity index is 1.84. The summed E-state index contributed by atoms with van der Waals surface area (Å²) in [5.41, 5.74) is 1.84. The van der Waals surface area contributed by atoms with Crippen LogP contribution >= 0.6 is 27.7 Å². The summed E-state index contributed by atoms with van der Waals surface area (Å²) in [6, 6.07) is 15.3. The molecule has 0 fully saturated rings. The molecule has 0 radical (unpaired) electrons. The van der Waals surface area contributed by atoms with Crippen LogP contribution in [-0.4, -0.2) is 36.1 Å². The maximum atomic E-state index is 12.2. The van der Waals surface area contributed by atoms with E-state index in [-0.39, 0.29) is 18.4 Å². The van der Waals surface area contributed by atoms with E-state index in [2.05, 4.69) is 21.2 Å². The molecule has 0 aliphatic carbocycles. The van der Waals surface area contributed by atoms with Gasteiger partial charge in [0.25, 0.3) is 0 Å². The first kappa shape index (κ1) is 18.5. The van der Waals surface area contributed by atoms with Gasteiger partial charge in [-0.1, -0.05) is 30.3 Å². The van der Waals surface area contributed by atoms with Crippen LogP contribution in [-0.2, 0) is 9.59 Å². The van der Waals surface area contributed by atoms with E-state index in [1.165, 1.54) is 16.7 Å². The van der Waals surface area contributed by atoms with Gasteiger partial charge >= 0.3 is 0 Å². The van der Waals surface area contributed by atoms with Gasteiger partial charge in [-0.15, -0.1) is 11.8 Å². The smallest absolute Gasteiger partial charge is 0.244 e. The summed E-state index contributed by atoms with van der Waals surface area (Å²) in [5, 5.41) is 2.79. The van der Waals surface area contributed by atoms with Crippen LogP contribution < -0.4 is 5.32 Å². The van der Waals surface area contributed by atoms with E-state index in [1.54, 1.807) is 13.1 Å². The molecular formula is C18H19BrN2O2S. The third kappa shape index (κ3) is 5.39. The number of carbonyl (C=O) groups excluding carboxylic acids is 2. The second-order valence-corrected chi connectivity index (χ2v) is 7.20. The number of thioether (sulfide) groups is 1. The molecule has 4 nitrogen and oxygen atoms in total. The molecule has 0 unspecified atom stereocenters. The lowest BCUT2D eigenvalue weighted by atomic mass is 10.2. The van der Waals surface area contributed by atoms with Gasteiger partial charge in [-0.25, -0.2) is 0 Å². The Morgan fingerprint density at radius 3 is 2.50 bits per heavy atom. The summed E-state index contributed by atoms with van der Waals surface area (Å²) in [6.45, 7) is 2.04. The molecule has 2 aromatic carbocycles. The number of nitrogens with zero attached hydrogens (tertiary/aromatic N) is 1. The van der Waals surface area contributed by atoms with Crippen molar-refractivity contribution in [3.63, 3.8) is 0 Å². The molecule has 0 aromatic heterocycles. The highest BCUT2D eigenvalue weighted by Gasteiger charge is 2.14. The van der Waals surface area contributed by atoms with E-state index in [0.717, 1.165) is 14.9 Å². The van der Waals surface area contributed by atoms with Crippen LogP contribution in [0.3, 0.4) is 0 Å². The zero-order chi connectivity index (χ0) is 17.5. The molecule has 0 spiro atoms. The Bertz CT molecular complexity index is 736. The molecule has 2 aromatic rings. The number of hydrogen-bond donors (Lipinski definition) is 1. The zero-order valence-corrected chi connectivity index (χ0v) is 16.0. The Morgan fingerprint density at radius 1 is 1.12 bits per heavy atom. The van der Waals surface area contributed by atoms with Crippen LogP contribution in [0.1, 0.15) is 5.56 Å². The number of para-hydroxylation sites is 1. The van der Waals surface area contributed by atoms with E-state index in [1.807, 2.05) is 49.4 Å². The standard InChI is InChI=1S/C18H19BrN2O2S/c1-13-7-3-6-10-16(13)24-12-18(23)21(2)11-17(22)20-15-9-5-4-8-14(15)19/h3-10H,11-12H2,1-2H3,(H,20,22). The summed E-state index contributed by atoms with van der Waals surface area (Å²) in [4.78, 5) is 26.8. The highest BCUT2D eigenvalue weighted by atomic mass is 79.9. The first-order valence-corrected chi connectivity index (χ1v) is 9.22. The van der Waals surface area contributed by atoms with Crippen LogP contribution in [0, 0.1) is 6.92 Å². The largest absolute Gasteiger partial charge is 0.336 e. The van der Waals surface area contributed by atoms with Gasteiger partial charge in [0.15, 0.2) is 0 Å². The molecule has 0 heterocycles. The minimum atomic E-state index is -0.223. The van der Waals surface area contributed by atoms with Crippen LogP contribution in [0.25, 0.3) is 0 Å². The fourth-order valence-electron chi connectivity index (χ4n) is 2.02. The number of aryl methyl sites for hydroxylation is 1. The van der Waals surface area contributed by atoms with Gasteiger partial charge in [0.1, 0.15) is 0 Å². The lowest BCUT2D eigenvalue weighted by molar-refractivity contribution is -0.131. The first-order valence-electron chi connectivity index (χ1n) is 7.44. The van der Waals surface area contributed by atoms with Crippen LogP contribution in [0.2, 0.25) is 0 Å². The third-order valence-corrected chi connectivity index (χ3v) is 5.25.